The van der Waals surface area contributed by atoms with E-state index in [1.807, 2.05) is 36.9 Å². The molecule has 0 unspecified atom stereocenters. The van der Waals surface area contributed by atoms with Crippen LogP contribution < -0.4 is 0 Å². The van der Waals surface area contributed by atoms with Crippen LogP contribution in [-0.4, -0.2) is 34.6 Å². The molecule has 1 aromatic rings. The monoisotopic (exact) mass is 233 g/mol. The van der Waals surface area contributed by atoms with Crippen molar-refractivity contribution in [3.8, 4) is 0 Å². The summed E-state index contributed by atoms with van der Waals surface area (Å²) in [5.41, 5.74) is 3.66. The molecule has 0 aromatic carbocycles. The van der Waals surface area contributed by atoms with E-state index in [4.69, 9.17) is 0 Å². The van der Waals surface area contributed by atoms with Crippen molar-refractivity contribution in [1.29, 1.82) is 0 Å². The molecule has 17 heavy (non-hydrogen) atoms. The van der Waals surface area contributed by atoms with E-state index < -0.39 is 0 Å². The summed E-state index contributed by atoms with van der Waals surface area (Å²) in [6.45, 7) is 4.15. The second-order valence-electron chi connectivity index (χ2n) is 5.11. The lowest BCUT2D eigenvalue weighted by Gasteiger charge is -2.07. The number of carbonyl (C=O) groups is 1. The Bertz CT molecular complexity index is 495. The van der Waals surface area contributed by atoms with Crippen LogP contribution in [0.2, 0.25) is 0 Å². The molecule has 1 heterocycles. The van der Waals surface area contributed by atoms with Gasteiger partial charge in [-0.1, -0.05) is 13.8 Å². The summed E-state index contributed by atoms with van der Waals surface area (Å²) in [4.78, 5) is 14.2. The molecule has 1 aliphatic rings. The molecule has 0 radical (unpaired) electrons. The van der Waals surface area contributed by atoms with Gasteiger partial charge in [-0.15, -0.1) is 0 Å². The van der Waals surface area contributed by atoms with Crippen molar-refractivity contribution < 1.29 is 4.79 Å². The second-order valence-corrected chi connectivity index (χ2v) is 5.11. The maximum atomic E-state index is 12.3. The standard InChI is InChI=1S/C13H19N3O/c1-8(2)12-11-10(16(5)14-12)6-9(13(11)17)7-15(3)4/h7-8H,6H2,1-5H3/b9-7-. The smallest absolute Gasteiger partial charge is 0.194 e. The van der Waals surface area contributed by atoms with Gasteiger partial charge in [-0.3, -0.25) is 9.48 Å². The molecule has 1 aliphatic carbocycles. The fourth-order valence-corrected chi connectivity index (χ4v) is 2.27. The summed E-state index contributed by atoms with van der Waals surface area (Å²) in [5, 5.41) is 4.45. The maximum Gasteiger partial charge on any atom is 0.194 e. The van der Waals surface area contributed by atoms with Crippen molar-refractivity contribution in [2.75, 3.05) is 14.1 Å². The average Bonchev–Trinajstić information content (AvgIpc) is 2.68. The van der Waals surface area contributed by atoms with E-state index in [1.165, 1.54) is 0 Å². The first kappa shape index (κ1) is 11.9. The number of aryl methyl sites for hydroxylation is 1. The Labute approximate surface area is 102 Å². The van der Waals surface area contributed by atoms with Gasteiger partial charge in [0.05, 0.1) is 17.0 Å². The normalized spacial score (nSPS) is 17.1. The van der Waals surface area contributed by atoms with Gasteiger partial charge in [0.25, 0.3) is 0 Å². The van der Waals surface area contributed by atoms with Crippen LogP contribution in [0.3, 0.4) is 0 Å². The molecule has 0 spiro atoms. The van der Waals surface area contributed by atoms with Crippen LogP contribution in [0.4, 0.5) is 0 Å². The molecule has 0 bridgehead atoms. The van der Waals surface area contributed by atoms with Gasteiger partial charge in [-0.05, 0) is 5.92 Å². The molecule has 1 aromatic heterocycles. The summed E-state index contributed by atoms with van der Waals surface area (Å²) in [7, 11) is 5.78. The van der Waals surface area contributed by atoms with E-state index in [0.717, 1.165) is 22.5 Å². The van der Waals surface area contributed by atoms with Crippen LogP contribution in [0.15, 0.2) is 11.8 Å². The Morgan fingerprint density at radius 1 is 1.41 bits per heavy atom. The van der Waals surface area contributed by atoms with Crippen LogP contribution in [0.5, 0.6) is 0 Å². The molecule has 0 saturated carbocycles. The lowest BCUT2D eigenvalue weighted by molar-refractivity contribution is 0.103. The first-order chi connectivity index (χ1) is 7.91. The minimum absolute atomic E-state index is 0.144. The largest absolute Gasteiger partial charge is 0.383 e. The van der Waals surface area contributed by atoms with Gasteiger partial charge in [0.1, 0.15) is 0 Å². The van der Waals surface area contributed by atoms with E-state index in [1.54, 1.807) is 0 Å². The molecule has 0 amide bonds. The summed E-state index contributed by atoms with van der Waals surface area (Å²) in [6.07, 6.45) is 2.61. The minimum Gasteiger partial charge on any atom is -0.383 e. The molecule has 0 aliphatic heterocycles. The van der Waals surface area contributed by atoms with Crippen molar-refractivity contribution >= 4 is 5.78 Å². The number of hydrogen-bond acceptors (Lipinski definition) is 3. The van der Waals surface area contributed by atoms with Gasteiger partial charge < -0.3 is 4.90 Å². The predicted octanol–water partition coefficient (Wildman–Crippen LogP) is 1.73. The Morgan fingerprint density at radius 2 is 2.06 bits per heavy atom. The Hall–Kier alpha value is -1.58. The van der Waals surface area contributed by atoms with E-state index in [0.29, 0.717) is 6.42 Å². The lowest BCUT2D eigenvalue weighted by atomic mass is 10.0. The first-order valence-electron chi connectivity index (χ1n) is 5.89. The number of allylic oxidation sites excluding steroid dienone is 1. The maximum absolute atomic E-state index is 12.3. The molecule has 0 fully saturated rings. The van der Waals surface area contributed by atoms with E-state index in [-0.39, 0.29) is 11.7 Å². The SMILES string of the molecule is CC(C)c1nn(C)c2c1C(=O)/C(=C\N(C)C)C2. The highest BCUT2D eigenvalue weighted by atomic mass is 16.1. The highest BCUT2D eigenvalue weighted by Gasteiger charge is 2.33. The molecule has 0 saturated heterocycles. The van der Waals surface area contributed by atoms with Crippen LogP contribution in [0.25, 0.3) is 0 Å². The minimum atomic E-state index is 0.144. The molecular weight excluding hydrogens is 214 g/mol. The van der Waals surface area contributed by atoms with Gasteiger partial charge in [0.15, 0.2) is 5.78 Å². The Kier molecular flexibility index (Phi) is 2.81. The number of carbonyl (C=O) groups excluding carboxylic acids is 1. The van der Waals surface area contributed by atoms with Crippen molar-refractivity contribution in [3.63, 3.8) is 0 Å². The number of aromatic nitrogens is 2. The van der Waals surface area contributed by atoms with Crippen molar-refractivity contribution in [1.82, 2.24) is 14.7 Å². The third-order valence-corrected chi connectivity index (χ3v) is 3.03. The lowest BCUT2D eigenvalue weighted by Crippen LogP contribution is -2.08. The zero-order chi connectivity index (χ0) is 12.7. The van der Waals surface area contributed by atoms with Gasteiger partial charge in [-0.2, -0.15) is 5.10 Å². The average molecular weight is 233 g/mol. The summed E-state index contributed by atoms with van der Waals surface area (Å²) < 4.78 is 1.85. The highest BCUT2D eigenvalue weighted by molar-refractivity contribution is 6.13. The molecule has 0 N–H and O–H groups in total. The molecule has 4 heteroatoms. The topological polar surface area (TPSA) is 38.1 Å². The van der Waals surface area contributed by atoms with Crippen LogP contribution in [-0.2, 0) is 13.5 Å². The van der Waals surface area contributed by atoms with Crippen LogP contribution >= 0.6 is 0 Å². The van der Waals surface area contributed by atoms with E-state index in [9.17, 15) is 4.79 Å². The van der Waals surface area contributed by atoms with Crippen LogP contribution in [0.1, 0.15) is 41.5 Å². The molecule has 0 atom stereocenters. The molecule has 4 nitrogen and oxygen atoms in total. The molecule has 2 rings (SSSR count). The molecule has 92 valence electrons. The Balaban J connectivity index is 2.49. The van der Waals surface area contributed by atoms with Gasteiger partial charge >= 0.3 is 0 Å². The van der Waals surface area contributed by atoms with E-state index >= 15 is 0 Å². The number of hydrogen-bond donors (Lipinski definition) is 0. The second kappa shape index (κ2) is 4.02. The highest BCUT2D eigenvalue weighted by Crippen LogP contribution is 2.32. The van der Waals surface area contributed by atoms with Gasteiger partial charge in [0, 0.05) is 39.3 Å². The summed E-state index contributed by atoms with van der Waals surface area (Å²) >= 11 is 0. The van der Waals surface area contributed by atoms with Crippen LogP contribution in [0, 0.1) is 0 Å². The number of nitrogens with zero attached hydrogens (tertiary/aromatic N) is 3. The fraction of sp³-hybridized carbons (Fsp3) is 0.538. The fourth-order valence-electron chi connectivity index (χ4n) is 2.27. The van der Waals surface area contributed by atoms with Gasteiger partial charge in [-0.25, -0.2) is 0 Å². The number of fused-ring (bicyclic) bond motifs is 1. The van der Waals surface area contributed by atoms with Crippen molar-refractivity contribution in [2.45, 2.75) is 26.2 Å². The number of Topliss-reactive ketones (excluding diaryl/α,β-unsaturated/α-hetero) is 1. The first-order valence-corrected chi connectivity index (χ1v) is 5.89. The summed E-state index contributed by atoms with van der Waals surface area (Å²) in [5.74, 6) is 0.429. The van der Waals surface area contributed by atoms with Crippen molar-refractivity contribution in [2.24, 2.45) is 7.05 Å². The zero-order valence-corrected chi connectivity index (χ0v) is 11.1. The van der Waals surface area contributed by atoms with Crippen molar-refractivity contribution in [3.05, 3.63) is 28.7 Å². The zero-order valence-electron chi connectivity index (χ0n) is 11.1. The number of rotatable bonds is 2. The Morgan fingerprint density at radius 3 is 2.59 bits per heavy atom. The van der Waals surface area contributed by atoms with Gasteiger partial charge in [0.2, 0.25) is 0 Å². The third-order valence-electron chi connectivity index (χ3n) is 3.03. The predicted molar refractivity (Wildman–Crippen MR) is 67.1 cm³/mol. The van der Waals surface area contributed by atoms with E-state index in [2.05, 4.69) is 18.9 Å². The number of ketones is 1. The third kappa shape index (κ3) is 1.88. The molecular formula is C13H19N3O. The quantitative estimate of drug-likeness (QED) is 0.730. The summed E-state index contributed by atoms with van der Waals surface area (Å²) in [6, 6.07) is 0.